The summed E-state index contributed by atoms with van der Waals surface area (Å²) < 4.78 is 11.3. The lowest BCUT2D eigenvalue weighted by Crippen LogP contribution is -2.49. The number of hydrogen-bond donors (Lipinski definition) is 2. The molecule has 0 saturated carbocycles. The van der Waals surface area contributed by atoms with Gasteiger partial charge in [-0.15, -0.1) is 0 Å². The summed E-state index contributed by atoms with van der Waals surface area (Å²) in [4.78, 5) is 12.1. The molecule has 3 rings (SSSR count). The number of amides is 2. The van der Waals surface area contributed by atoms with Crippen molar-refractivity contribution in [2.45, 2.75) is 50.5 Å². The van der Waals surface area contributed by atoms with Crippen molar-refractivity contribution >= 4 is 6.03 Å². The van der Waals surface area contributed by atoms with E-state index in [9.17, 15) is 4.79 Å². The Kier molecular flexibility index (Phi) is 4.95. The maximum atomic E-state index is 12.1. The minimum Gasteiger partial charge on any atom is -0.376 e. The molecule has 0 unspecified atom stereocenters. The van der Waals surface area contributed by atoms with Crippen molar-refractivity contribution < 1.29 is 14.3 Å². The Morgan fingerprint density at radius 2 is 1.86 bits per heavy atom. The normalized spacial score (nSPS) is 31.7. The van der Waals surface area contributed by atoms with E-state index in [1.807, 2.05) is 25.1 Å². The lowest BCUT2D eigenvalue weighted by molar-refractivity contribution is 0.00215. The number of nitrogens with one attached hydrogen (secondary N) is 2. The molecule has 5 heteroatoms. The molecule has 0 aliphatic carbocycles. The van der Waals surface area contributed by atoms with Crippen LogP contribution in [0.2, 0.25) is 0 Å². The van der Waals surface area contributed by atoms with Gasteiger partial charge in [0.25, 0.3) is 0 Å². The molecule has 0 aromatic heterocycles. The van der Waals surface area contributed by atoms with Gasteiger partial charge in [-0.1, -0.05) is 30.3 Å². The molecule has 2 saturated heterocycles. The minimum atomic E-state index is -0.0962. The van der Waals surface area contributed by atoms with E-state index in [2.05, 4.69) is 22.8 Å². The van der Waals surface area contributed by atoms with E-state index in [1.54, 1.807) is 0 Å². The predicted molar refractivity (Wildman–Crippen MR) is 83.6 cm³/mol. The van der Waals surface area contributed by atoms with Gasteiger partial charge in [0.05, 0.1) is 18.2 Å². The first-order valence-electron chi connectivity index (χ1n) is 8.07. The molecule has 2 aliphatic rings. The minimum absolute atomic E-state index is 0.0639. The lowest BCUT2D eigenvalue weighted by atomic mass is 9.97. The maximum absolute atomic E-state index is 12.1. The summed E-state index contributed by atoms with van der Waals surface area (Å²) in [6, 6.07) is 10.4. The van der Waals surface area contributed by atoms with Gasteiger partial charge < -0.3 is 20.1 Å². The molecule has 2 amide bonds. The second-order valence-corrected chi connectivity index (χ2v) is 6.08. The zero-order valence-corrected chi connectivity index (χ0v) is 13.0. The van der Waals surface area contributed by atoms with E-state index >= 15 is 0 Å². The molecular formula is C17H24N2O3. The van der Waals surface area contributed by atoms with Gasteiger partial charge in [0.15, 0.2) is 0 Å². The van der Waals surface area contributed by atoms with Crippen LogP contribution in [0.5, 0.6) is 0 Å². The topological polar surface area (TPSA) is 59.6 Å². The third-order valence-corrected chi connectivity index (χ3v) is 4.48. The van der Waals surface area contributed by atoms with Crippen LogP contribution < -0.4 is 10.6 Å². The van der Waals surface area contributed by atoms with E-state index in [-0.39, 0.29) is 30.3 Å². The van der Waals surface area contributed by atoms with Crippen molar-refractivity contribution in [2.24, 2.45) is 0 Å². The Hall–Kier alpha value is -1.59. The highest BCUT2D eigenvalue weighted by molar-refractivity contribution is 5.74. The summed E-state index contributed by atoms with van der Waals surface area (Å²) in [7, 11) is 0. The van der Waals surface area contributed by atoms with Crippen molar-refractivity contribution in [2.75, 3.05) is 13.2 Å². The summed E-state index contributed by atoms with van der Waals surface area (Å²) in [5.74, 6) is 0. The van der Waals surface area contributed by atoms with Gasteiger partial charge in [-0.25, -0.2) is 4.79 Å². The Morgan fingerprint density at radius 3 is 2.59 bits per heavy atom. The van der Waals surface area contributed by atoms with Gasteiger partial charge in [-0.05, 0) is 31.7 Å². The van der Waals surface area contributed by atoms with Crippen LogP contribution in [0.1, 0.15) is 37.9 Å². The number of carbonyl (C=O) groups is 1. The highest BCUT2D eigenvalue weighted by Crippen LogP contribution is 2.27. The molecule has 2 heterocycles. The SMILES string of the molecule is C[C@@H]1OCC[C@@H]1NC(=O)N[C@H]1CCO[C@H](c2ccccc2)C1. The van der Waals surface area contributed by atoms with Gasteiger partial charge in [-0.3, -0.25) is 0 Å². The number of ether oxygens (including phenoxy) is 2. The second kappa shape index (κ2) is 7.11. The summed E-state index contributed by atoms with van der Waals surface area (Å²) >= 11 is 0. The average molecular weight is 304 g/mol. The Morgan fingerprint density at radius 1 is 1.09 bits per heavy atom. The summed E-state index contributed by atoms with van der Waals surface area (Å²) in [5.41, 5.74) is 1.17. The van der Waals surface area contributed by atoms with Crippen molar-refractivity contribution in [3.8, 4) is 0 Å². The van der Waals surface area contributed by atoms with E-state index in [1.165, 1.54) is 5.56 Å². The third-order valence-electron chi connectivity index (χ3n) is 4.48. The first-order chi connectivity index (χ1) is 10.7. The highest BCUT2D eigenvalue weighted by atomic mass is 16.5. The molecule has 1 aromatic rings. The van der Waals surface area contributed by atoms with E-state index in [0.29, 0.717) is 6.61 Å². The standard InChI is InChI=1S/C17H24N2O3/c1-12-15(8-10-21-12)19-17(20)18-14-7-9-22-16(11-14)13-5-3-2-4-6-13/h2-6,12,14-16H,7-11H2,1H3,(H2,18,19,20)/t12-,14-,15-,16-/m0/s1. The van der Waals surface area contributed by atoms with Gasteiger partial charge in [0, 0.05) is 19.3 Å². The quantitative estimate of drug-likeness (QED) is 0.901. The Labute approximate surface area is 131 Å². The van der Waals surface area contributed by atoms with Crippen LogP contribution in [0.15, 0.2) is 30.3 Å². The highest BCUT2D eigenvalue weighted by Gasteiger charge is 2.28. The molecule has 2 N–H and O–H groups in total. The molecule has 0 spiro atoms. The lowest BCUT2D eigenvalue weighted by Gasteiger charge is -2.31. The number of urea groups is 1. The van der Waals surface area contributed by atoms with Crippen LogP contribution in [-0.4, -0.2) is 37.4 Å². The van der Waals surface area contributed by atoms with Crippen LogP contribution in [0, 0.1) is 0 Å². The Balaban J connectivity index is 1.51. The monoisotopic (exact) mass is 304 g/mol. The number of rotatable bonds is 3. The molecule has 0 radical (unpaired) electrons. The zero-order chi connectivity index (χ0) is 15.4. The summed E-state index contributed by atoms with van der Waals surface area (Å²) in [6.07, 6.45) is 2.71. The summed E-state index contributed by atoms with van der Waals surface area (Å²) in [6.45, 7) is 3.39. The molecule has 0 bridgehead atoms. The fraction of sp³-hybridized carbons (Fsp3) is 0.588. The molecule has 4 atom stereocenters. The average Bonchev–Trinajstić information content (AvgIpc) is 2.93. The van der Waals surface area contributed by atoms with Gasteiger partial charge in [0.1, 0.15) is 0 Å². The Bertz CT molecular complexity index is 494. The van der Waals surface area contributed by atoms with Crippen molar-refractivity contribution in [1.82, 2.24) is 10.6 Å². The summed E-state index contributed by atoms with van der Waals surface area (Å²) in [5, 5.41) is 6.10. The third kappa shape index (κ3) is 3.78. The largest absolute Gasteiger partial charge is 0.376 e. The smallest absolute Gasteiger partial charge is 0.315 e. The van der Waals surface area contributed by atoms with Crippen LogP contribution >= 0.6 is 0 Å². The second-order valence-electron chi connectivity index (χ2n) is 6.08. The van der Waals surface area contributed by atoms with Crippen LogP contribution in [0.4, 0.5) is 4.79 Å². The maximum Gasteiger partial charge on any atom is 0.315 e. The molecule has 2 fully saturated rings. The molecular weight excluding hydrogens is 280 g/mol. The molecule has 5 nitrogen and oxygen atoms in total. The van der Waals surface area contributed by atoms with Gasteiger partial charge in [0.2, 0.25) is 0 Å². The fourth-order valence-electron chi connectivity index (χ4n) is 3.14. The van der Waals surface area contributed by atoms with Crippen LogP contribution in [0.3, 0.4) is 0 Å². The molecule has 120 valence electrons. The number of benzene rings is 1. The van der Waals surface area contributed by atoms with Crippen molar-refractivity contribution in [3.63, 3.8) is 0 Å². The van der Waals surface area contributed by atoms with Gasteiger partial charge >= 0.3 is 6.03 Å². The van der Waals surface area contributed by atoms with E-state index < -0.39 is 0 Å². The fourth-order valence-corrected chi connectivity index (χ4v) is 3.14. The van der Waals surface area contributed by atoms with Crippen LogP contribution in [-0.2, 0) is 9.47 Å². The molecule has 2 aliphatic heterocycles. The first-order valence-corrected chi connectivity index (χ1v) is 8.07. The van der Waals surface area contributed by atoms with Crippen molar-refractivity contribution in [3.05, 3.63) is 35.9 Å². The first kappa shape index (κ1) is 15.3. The zero-order valence-electron chi connectivity index (χ0n) is 13.0. The molecule has 22 heavy (non-hydrogen) atoms. The number of hydrogen-bond acceptors (Lipinski definition) is 3. The van der Waals surface area contributed by atoms with Crippen LogP contribution in [0.25, 0.3) is 0 Å². The van der Waals surface area contributed by atoms with E-state index in [0.717, 1.165) is 25.9 Å². The molecule has 1 aromatic carbocycles. The van der Waals surface area contributed by atoms with Gasteiger partial charge in [-0.2, -0.15) is 0 Å². The van der Waals surface area contributed by atoms with E-state index in [4.69, 9.17) is 9.47 Å². The number of carbonyl (C=O) groups excluding carboxylic acids is 1. The van der Waals surface area contributed by atoms with Crippen molar-refractivity contribution in [1.29, 1.82) is 0 Å². The predicted octanol–water partition coefficient (Wildman–Crippen LogP) is 2.38.